The summed E-state index contributed by atoms with van der Waals surface area (Å²) in [5.74, 6) is 0.263. The van der Waals surface area contributed by atoms with Gasteiger partial charge >= 0.3 is 0 Å². The van der Waals surface area contributed by atoms with Crippen LogP contribution in [0.1, 0.15) is 28.3 Å². The van der Waals surface area contributed by atoms with E-state index in [2.05, 4.69) is 11.0 Å². The molecule has 0 aliphatic carbocycles. The summed E-state index contributed by atoms with van der Waals surface area (Å²) >= 11 is 0. The highest BCUT2D eigenvalue weighted by Gasteiger charge is 2.33. The fourth-order valence-corrected chi connectivity index (χ4v) is 3.61. The third kappa shape index (κ3) is 1.87. The average molecular weight is 283 g/mol. The molecule has 2 aliphatic rings. The normalized spacial score (nSPS) is 20.5. The van der Waals surface area contributed by atoms with Crippen LogP contribution in [0.5, 0.6) is 17.2 Å². The SMILES string of the molecule is Oc1cc2c(cc1O)C1Cc3cccc(O)c3CN1CC2. The summed E-state index contributed by atoms with van der Waals surface area (Å²) in [5.41, 5.74) is 4.37. The highest BCUT2D eigenvalue weighted by molar-refractivity contribution is 5.50. The molecular formula is C17H17NO3. The maximum atomic E-state index is 10.0. The van der Waals surface area contributed by atoms with Crippen molar-refractivity contribution in [3.05, 3.63) is 52.6 Å². The minimum Gasteiger partial charge on any atom is -0.508 e. The van der Waals surface area contributed by atoms with Crippen LogP contribution in [0.25, 0.3) is 0 Å². The first-order valence-corrected chi connectivity index (χ1v) is 7.22. The fraction of sp³-hybridized carbons (Fsp3) is 0.294. The Kier molecular flexibility index (Phi) is 2.62. The molecule has 1 unspecified atom stereocenters. The molecule has 0 radical (unpaired) electrons. The van der Waals surface area contributed by atoms with Crippen LogP contribution in [0.3, 0.4) is 0 Å². The summed E-state index contributed by atoms with van der Waals surface area (Å²) in [7, 11) is 0. The lowest BCUT2D eigenvalue weighted by atomic mass is 9.83. The number of hydrogen-bond acceptors (Lipinski definition) is 4. The molecule has 4 rings (SSSR count). The fourth-order valence-electron chi connectivity index (χ4n) is 3.61. The molecular weight excluding hydrogens is 266 g/mol. The number of benzene rings is 2. The van der Waals surface area contributed by atoms with Gasteiger partial charge in [0.15, 0.2) is 11.5 Å². The van der Waals surface area contributed by atoms with E-state index in [1.807, 2.05) is 6.07 Å². The van der Waals surface area contributed by atoms with Crippen molar-refractivity contribution in [2.45, 2.75) is 25.4 Å². The Hall–Kier alpha value is -2.20. The quantitative estimate of drug-likeness (QED) is 0.650. The molecule has 0 saturated carbocycles. The van der Waals surface area contributed by atoms with Crippen molar-refractivity contribution in [2.75, 3.05) is 6.54 Å². The highest BCUT2D eigenvalue weighted by Crippen LogP contribution is 2.43. The van der Waals surface area contributed by atoms with E-state index in [4.69, 9.17) is 0 Å². The molecule has 4 nitrogen and oxygen atoms in total. The zero-order valence-electron chi connectivity index (χ0n) is 11.6. The summed E-state index contributed by atoms with van der Waals surface area (Å²) in [6, 6.07) is 9.24. The van der Waals surface area contributed by atoms with Gasteiger partial charge in [-0.25, -0.2) is 0 Å². The average Bonchev–Trinajstić information content (AvgIpc) is 2.48. The predicted octanol–water partition coefficient (Wildman–Crippen LogP) is 2.46. The van der Waals surface area contributed by atoms with Gasteiger partial charge in [0.2, 0.25) is 0 Å². The van der Waals surface area contributed by atoms with Crippen LogP contribution < -0.4 is 0 Å². The van der Waals surface area contributed by atoms with Crippen molar-refractivity contribution in [3.63, 3.8) is 0 Å². The molecule has 0 aromatic heterocycles. The molecule has 0 amide bonds. The maximum Gasteiger partial charge on any atom is 0.157 e. The highest BCUT2D eigenvalue weighted by atomic mass is 16.3. The van der Waals surface area contributed by atoms with Gasteiger partial charge in [0, 0.05) is 24.7 Å². The van der Waals surface area contributed by atoms with Crippen molar-refractivity contribution in [2.24, 2.45) is 0 Å². The van der Waals surface area contributed by atoms with E-state index < -0.39 is 0 Å². The van der Waals surface area contributed by atoms with Gasteiger partial charge in [-0.05, 0) is 47.7 Å². The summed E-state index contributed by atoms with van der Waals surface area (Å²) in [6.45, 7) is 1.63. The van der Waals surface area contributed by atoms with Crippen LogP contribution in [-0.2, 0) is 19.4 Å². The van der Waals surface area contributed by atoms with Gasteiger partial charge in [0.1, 0.15) is 5.75 Å². The smallest absolute Gasteiger partial charge is 0.157 e. The van der Waals surface area contributed by atoms with Gasteiger partial charge in [-0.3, -0.25) is 4.90 Å². The monoisotopic (exact) mass is 283 g/mol. The summed E-state index contributed by atoms with van der Waals surface area (Å²) in [4.78, 5) is 2.33. The zero-order chi connectivity index (χ0) is 14.6. The second-order valence-electron chi connectivity index (χ2n) is 5.89. The molecule has 1 atom stereocenters. The first kappa shape index (κ1) is 12.5. The summed E-state index contributed by atoms with van der Waals surface area (Å²) in [5, 5.41) is 29.5. The lowest BCUT2D eigenvalue weighted by Crippen LogP contribution is -2.39. The first-order chi connectivity index (χ1) is 10.1. The maximum absolute atomic E-state index is 10.0. The molecule has 108 valence electrons. The molecule has 0 spiro atoms. The Balaban J connectivity index is 1.80. The molecule has 0 saturated heterocycles. The molecule has 2 aromatic rings. The number of aromatic hydroxyl groups is 3. The lowest BCUT2D eigenvalue weighted by molar-refractivity contribution is 0.158. The van der Waals surface area contributed by atoms with Crippen molar-refractivity contribution in [1.82, 2.24) is 4.90 Å². The van der Waals surface area contributed by atoms with Crippen LogP contribution in [-0.4, -0.2) is 26.8 Å². The Morgan fingerprint density at radius 1 is 0.952 bits per heavy atom. The topological polar surface area (TPSA) is 63.9 Å². The number of phenols is 3. The number of hydrogen-bond donors (Lipinski definition) is 3. The Morgan fingerprint density at radius 3 is 2.62 bits per heavy atom. The Morgan fingerprint density at radius 2 is 1.76 bits per heavy atom. The van der Waals surface area contributed by atoms with Crippen molar-refractivity contribution in [1.29, 1.82) is 0 Å². The van der Waals surface area contributed by atoms with Crippen LogP contribution in [0.2, 0.25) is 0 Å². The molecule has 0 bridgehead atoms. The molecule has 2 heterocycles. The number of nitrogens with zero attached hydrogens (tertiary/aromatic N) is 1. The predicted molar refractivity (Wildman–Crippen MR) is 78.4 cm³/mol. The van der Waals surface area contributed by atoms with Gasteiger partial charge in [-0.15, -0.1) is 0 Å². The van der Waals surface area contributed by atoms with Crippen molar-refractivity contribution < 1.29 is 15.3 Å². The number of fused-ring (bicyclic) bond motifs is 4. The van der Waals surface area contributed by atoms with Crippen LogP contribution in [0, 0.1) is 0 Å². The van der Waals surface area contributed by atoms with Crippen LogP contribution >= 0.6 is 0 Å². The number of rotatable bonds is 0. The molecule has 2 aliphatic heterocycles. The second kappa shape index (κ2) is 4.40. The van der Waals surface area contributed by atoms with Crippen LogP contribution in [0.15, 0.2) is 30.3 Å². The molecule has 21 heavy (non-hydrogen) atoms. The van der Waals surface area contributed by atoms with Gasteiger partial charge in [-0.2, -0.15) is 0 Å². The Bertz CT molecular complexity index is 726. The van der Waals surface area contributed by atoms with Crippen molar-refractivity contribution >= 4 is 0 Å². The minimum atomic E-state index is -0.0581. The first-order valence-electron chi connectivity index (χ1n) is 7.22. The standard InChI is InChI=1S/C17H17NO3/c19-15-3-1-2-10-6-14-12-8-17(21)16(20)7-11(12)4-5-18(14)9-13(10)15/h1-3,7-8,14,19-21H,4-6,9H2. The lowest BCUT2D eigenvalue weighted by Gasteiger charge is -2.41. The van der Waals surface area contributed by atoms with Gasteiger partial charge in [-0.1, -0.05) is 12.1 Å². The van der Waals surface area contributed by atoms with E-state index in [1.54, 1.807) is 18.2 Å². The zero-order valence-corrected chi connectivity index (χ0v) is 11.6. The third-order valence-corrected chi connectivity index (χ3v) is 4.73. The van der Waals surface area contributed by atoms with E-state index in [0.717, 1.165) is 48.2 Å². The summed E-state index contributed by atoms with van der Waals surface area (Å²) in [6.07, 6.45) is 1.67. The largest absolute Gasteiger partial charge is 0.508 e. The second-order valence-corrected chi connectivity index (χ2v) is 5.89. The van der Waals surface area contributed by atoms with Gasteiger partial charge in [0.05, 0.1) is 0 Å². The molecule has 0 fully saturated rings. The van der Waals surface area contributed by atoms with E-state index in [1.165, 1.54) is 0 Å². The van der Waals surface area contributed by atoms with Gasteiger partial charge in [0.25, 0.3) is 0 Å². The van der Waals surface area contributed by atoms with E-state index in [0.29, 0.717) is 5.75 Å². The van der Waals surface area contributed by atoms with E-state index in [9.17, 15) is 15.3 Å². The molecule has 3 N–H and O–H groups in total. The summed E-state index contributed by atoms with van der Waals surface area (Å²) < 4.78 is 0. The molecule has 4 heteroatoms. The molecule has 2 aromatic carbocycles. The van der Waals surface area contributed by atoms with Crippen molar-refractivity contribution in [3.8, 4) is 17.2 Å². The Labute approximate surface area is 122 Å². The third-order valence-electron chi connectivity index (χ3n) is 4.73. The van der Waals surface area contributed by atoms with Crippen LogP contribution in [0.4, 0.5) is 0 Å². The van der Waals surface area contributed by atoms with E-state index in [-0.39, 0.29) is 17.5 Å². The minimum absolute atomic E-state index is 0.0453. The number of phenolic OH excluding ortho intramolecular Hbond substituents is 3. The van der Waals surface area contributed by atoms with Gasteiger partial charge < -0.3 is 15.3 Å². The van der Waals surface area contributed by atoms with E-state index >= 15 is 0 Å².